The number of rotatable bonds is 7. The van der Waals surface area contributed by atoms with Gasteiger partial charge in [0.05, 0.1) is 16.3 Å². The van der Waals surface area contributed by atoms with Crippen LogP contribution in [0.5, 0.6) is 5.75 Å². The number of hydrogen-bond donors (Lipinski definition) is 2. The first-order valence-corrected chi connectivity index (χ1v) is 11.2. The smallest absolute Gasteiger partial charge is 0.323 e. The van der Waals surface area contributed by atoms with Gasteiger partial charge >= 0.3 is 5.97 Å². The molecule has 1 aromatic rings. The van der Waals surface area contributed by atoms with Gasteiger partial charge in [-0.15, -0.1) is 0 Å². The number of ether oxygens (including phenoxy) is 1. The molecular formula is C19H18N2O6S3. The molecule has 11 heteroatoms. The number of nitrogens with zero attached hydrogens (tertiary/aromatic N) is 2. The maximum atomic E-state index is 12.4. The van der Waals surface area contributed by atoms with Gasteiger partial charge in [0.25, 0.3) is 5.91 Å². The Morgan fingerprint density at radius 2 is 2.07 bits per heavy atom. The number of carboxylic acids is 1. The first kappa shape index (κ1) is 22.2. The van der Waals surface area contributed by atoms with E-state index in [0.717, 1.165) is 27.9 Å². The van der Waals surface area contributed by atoms with Crippen molar-refractivity contribution in [3.63, 3.8) is 0 Å². The van der Waals surface area contributed by atoms with E-state index in [9.17, 15) is 13.8 Å². The minimum atomic E-state index is -1.93. The van der Waals surface area contributed by atoms with Gasteiger partial charge in [-0.25, -0.2) is 4.21 Å². The van der Waals surface area contributed by atoms with Crippen molar-refractivity contribution in [2.45, 2.75) is 6.92 Å². The number of carboxylic acid groups (broad SMARTS) is 1. The zero-order valence-electron chi connectivity index (χ0n) is 15.8. The van der Waals surface area contributed by atoms with E-state index in [2.05, 4.69) is 0 Å². The van der Waals surface area contributed by atoms with Crippen LogP contribution in [0.4, 0.5) is 5.69 Å². The van der Waals surface area contributed by atoms with Gasteiger partial charge in [0, 0.05) is 6.54 Å². The Bertz CT molecular complexity index is 1020. The Balaban J connectivity index is 1.80. The summed E-state index contributed by atoms with van der Waals surface area (Å²) in [6.07, 6.45) is 5.09. The highest BCUT2D eigenvalue weighted by Gasteiger charge is 2.33. The van der Waals surface area contributed by atoms with Crippen LogP contribution in [0.2, 0.25) is 0 Å². The monoisotopic (exact) mass is 466 g/mol. The summed E-state index contributed by atoms with van der Waals surface area (Å²) in [5.74, 6) is -0.374. The van der Waals surface area contributed by atoms with Gasteiger partial charge in [0.2, 0.25) is 5.88 Å². The number of thiocarbonyl (C=S) groups is 1. The van der Waals surface area contributed by atoms with E-state index < -0.39 is 29.5 Å². The number of carbonyl (C=O) groups excluding carboxylic acids is 1. The second-order valence-electron chi connectivity index (χ2n) is 6.32. The van der Waals surface area contributed by atoms with Crippen molar-refractivity contribution >= 4 is 56.9 Å². The van der Waals surface area contributed by atoms with E-state index in [4.69, 9.17) is 26.6 Å². The number of aliphatic carboxylic acids is 1. The molecular weight excluding hydrogens is 448 g/mol. The van der Waals surface area contributed by atoms with Gasteiger partial charge in [-0.2, -0.15) is 0 Å². The number of para-hydroxylation sites is 2. The molecule has 1 saturated heterocycles. The molecule has 0 radical (unpaired) electrons. The number of amides is 1. The molecule has 30 heavy (non-hydrogen) atoms. The maximum absolute atomic E-state index is 12.4. The zero-order valence-corrected chi connectivity index (χ0v) is 18.3. The van der Waals surface area contributed by atoms with Crippen LogP contribution in [0.1, 0.15) is 6.92 Å². The lowest BCUT2D eigenvalue weighted by Gasteiger charge is -2.16. The standard InChI is InChI=1S/C19H18N2O6S3/c1-12(10-15-18(24)21(11-17(22)23)19(28)29-15)6-7-16-20(8-9-30(25)26)13-4-2-3-5-14(13)27-16/h2-7,10H,8-9,11H2,1H3,(H,22,23)(H,25,26)/b12-6?,15-10+,16-7?. The van der Waals surface area contributed by atoms with Crippen LogP contribution < -0.4 is 9.64 Å². The highest BCUT2D eigenvalue weighted by atomic mass is 32.2. The minimum absolute atomic E-state index is 0.0593. The van der Waals surface area contributed by atoms with Gasteiger partial charge < -0.3 is 19.3 Å². The number of hydrogen-bond acceptors (Lipinski definition) is 7. The van der Waals surface area contributed by atoms with E-state index in [1.54, 1.807) is 30.1 Å². The lowest BCUT2D eigenvalue weighted by molar-refractivity contribution is -0.140. The molecule has 1 fully saturated rings. The molecule has 0 spiro atoms. The third-order valence-corrected chi connectivity index (χ3v) is 6.05. The first-order chi connectivity index (χ1) is 14.3. The van der Waals surface area contributed by atoms with Crippen molar-refractivity contribution < 1.29 is 28.2 Å². The average Bonchev–Trinajstić information content (AvgIpc) is 3.16. The van der Waals surface area contributed by atoms with Crippen LogP contribution in [0.15, 0.2) is 58.9 Å². The number of fused-ring (bicyclic) bond motifs is 1. The Kier molecular flexibility index (Phi) is 7.08. The van der Waals surface area contributed by atoms with E-state index in [-0.39, 0.29) is 10.1 Å². The number of thioether (sulfide) groups is 1. The van der Waals surface area contributed by atoms with Crippen LogP contribution >= 0.6 is 24.0 Å². The van der Waals surface area contributed by atoms with Crippen molar-refractivity contribution in [2.75, 3.05) is 23.7 Å². The van der Waals surface area contributed by atoms with Crippen molar-refractivity contribution in [2.24, 2.45) is 0 Å². The van der Waals surface area contributed by atoms with Crippen molar-refractivity contribution in [1.29, 1.82) is 0 Å². The molecule has 158 valence electrons. The van der Waals surface area contributed by atoms with Gasteiger partial charge in [0.15, 0.2) is 16.8 Å². The summed E-state index contributed by atoms with van der Waals surface area (Å²) >= 11 is 4.20. The lowest BCUT2D eigenvalue weighted by Crippen LogP contribution is -2.33. The summed E-state index contributed by atoms with van der Waals surface area (Å²) < 4.78 is 26.3. The molecule has 2 aliphatic rings. The molecule has 8 nitrogen and oxygen atoms in total. The molecule has 0 saturated carbocycles. The lowest BCUT2D eigenvalue weighted by atomic mass is 10.2. The summed E-state index contributed by atoms with van der Waals surface area (Å²) in [6, 6.07) is 7.36. The molecule has 0 aliphatic carbocycles. The molecule has 2 aliphatic heterocycles. The molecule has 1 unspecified atom stereocenters. The fraction of sp³-hybridized carbons (Fsp3) is 0.211. The second-order valence-corrected chi connectivity index (χ2v) is 9.05. The summed E-state index contributed by atoms with van der Waals surface area (Å²) in [7, 11) is 0. The quantitative estimate of drug-likeness (QED) is 0.356. The molecule has 1 aromatic carbocycles. The number of anilines is 1. The summed E-state index contributed by atoms with van der Waals surface area (Å²) in [6.45, 7) is 1.62. The van der Waals surface area contributed by atoms with E-state index >= 15 is 0 Å². The molecule has 1 atom stereocenters. The van der Waals surface area contributed by atoms with Crippen LogP contribution in [0.3, 0.4) is 0 Å². The predicted octanol–water partition coefficient (Wildman–Crippen LogP) is 2.72. The topological polar surface area (TPSA) is 107 Å². The normalized spacial score (nSPS) is 20.1. The summed E-state index contributed by atoms with van der Waals surface area (Å²) in [4.78, 5) is 26.4. The third kappa shape index (κ3) is 5.17. The van der Waals surface area contributed by atoms with Gasteiger partial charge in [0.1, 0.15) is 10.9 Å². The fourth-order valence-corrected chi connectivity index (χ4v) is 4.45. The predicted molar refractivity (Wildman–Crippen MR) is 120 cm³/mol. The van der Waals surface area contributed by atoms with E-state index in [1.807, 2.05) is 24.3 Å². The SMILES string of the molecule is CC(=CC=C1Oc2ccccc2N1CCS(=O)O)/C=C1/SC(=S)N(CC(=O)O)C1=O. The number of carbonyl (C=O) groups is 2. The minimum Gasteiger partial charge on any atom is -0.480 e. The molecule has 3 rings (SSSR count). The summed E-state index contributed by atoms with van der Waals surface area (Å²) in [5, 5.41) is 8.91. The van der Waals surface area contributed by atoms with Gasteiger partial charge in [-0.3, -0.25) is 14.5 Å². The average molecular weight is 467 g/mol. The Morgan fingerprint density at radius 3 is 2.77 bits per heavy atom. The zero-order chi connectivity index (χ0) is 21.8. The van der Waals surface area contributed by atoms with Crippen LogP contribution in [-0.4, -0.2) is 53.8 Å². The highest BCUT2D eigenvalue weighted by Crippen LogP contribution is 2.38. The Morgan fingerprint density at radius 1 is 1.33 bits per heavy atom. The first-order valence-electron chi connectivity index (χ1n) is 8.74. The molecule has 2 N–H and O–H groups in total. The summed E-state index contributed by atoms with van der Waals surface area (Å²) in [5.41, 5.74) is 1.53. The van der Waals surface area contributed by atoms with Crippen LogP contribution in [0, 0.1) is 0 Å². The molecule has 0 bridgehead atoms. The molecule has 1 amide bonds. The van der Waals surface area contributed by atoms with Gasteiger partial charge in [-0.1, -0.05) is 42.2 Å². The van der Waals surface area contributed by atoms with Crippen LogP contribution in [0.25, 0.3) is 0 Å². The molecule has 0 aromatic heterocycles. The number of allylic oxidation sites excluding steroid dienone is 4. The largest absolute Gasteiger partial charge is 0.480 e. The van der Waals surface area contributed by atoms with Crippen molar-refractivity contribution in [1.82, 2.24) is 4.90 Å². The second kappa shape index (κ2) is 9.56. The maximum Gasteiger partial charge on any atom is 0.323 e. The van der Waals surface area contributed by atoms with Crippen molar-refractivity contribution in [3.05, 3.63) is 58.9 Å². The Hall–Kier alpha value is -2.47. The highest BCUT2D eigenvalue weighted by molar-refractivity contribution is 8.26. The van der Waals surface area contributed by atoms with E-state index in [0.29, 0.717) is 23.1 Å². The van der Waals surface area contributed by atoms with Gasteiger partial charge in [-0.05, 0) is 36.8 Å². The molecule has 2 heterocycles. The van der Waals surface area contributed by atoms with Crippen LogP contribution in [-0.2, 0) is 20.7 Å². The number of benzene rings is 1. The van der Waals surface area contributed by atoms with Crippen molar-refractivity contribution in [3.8, 4) is 5.75 Å². The fourth-order valence-electron chi connectivity index (χ4n) is 2.81. The third-order valence-electron chi connectivity index (χ3n) is 4.14. The van der Waals surface area contributed by atoms with E-state index in [1.165, 1.54) is 0 Å². The Labute approximate surface area is 185 Å².